The number of nitrogens with two attached hydrogens (primary N) is 1. The summed E-state index contributed by atoms with van der Waals surface area (Å²) in [6.07, 6.45) is 1.85. The maximum Gasteiger partial charge on any atom is 0.254 e. The Kier molecular flexibility index (Phi) is 4.47. The Bertz CT molecular complexity index is 513. The van der Waals surface area contributed by atoms with Crippen molar-refractivity contribution in [2.24, 2.45) is 0 Å². The average Bonchev–Trinajstić information content (AvgIpc) is 2.43. The van der Waals surface area contributed by atoms with E-state index < -0.39 is 0 Å². The molecule has 1 heterocycles. The highest BCUT2D eigenvalue weighted by Crippen LogP contribution is 2.31. The maximum atomic E-state index is 12.5. The molecule has 6 heteroatoms. The summed E-state index contributed by atoms with van der Waals surface area (Å²) in [7, 11) is 1.67. The van der Waals surface area contributed by atoms with Crippen molar-refractivity contribution in [2.75, 3.05) is 25.9 Å². The van der Waals surface area contributed by atoms with Crippen LogP contribution < -0.4 is 5.73 Å². The molecule has 0 saturated carbocycles. The maximum absolute atomic E-state index is 12.5. The number of halogens is 2. The van der Waals surface area contributed by atoms with Crippen LogP contribution in [0.2, 0.25) is 10.0 Å². The van der Waals surface area contributed by atoms with E-state index >= 15 is 0 Å². The Labute approximate surface area is 128 Å². The molecule has 1 amide bonds. The van der Waals surface area contributed by atoms with Crippen LogP contribution in [0.1, 0.15) is 30.1 Å². The number of anilines is 1. The van der Waals surface area contributed by atoms with Crippen molar-refractivity contribution in [3.8, 4) is 0 Å². The summed E-state index contributed by atoms with van der Waals surface area (Å²) in [5, 5.41) is 0.597. The van der Waals surface area contributed by atoms with E-state index in [0.29, 0.717) is 34.4 Å². The quantitative estimate of drug-likeness (QED) is 0.852. The first-order valence-corrected chi connectivity index (χ1v) is 7.21. The summed E-state index contributed by atoms with van der Waals surface area (Å²) >= 11 is 12.0. The molecule has 0 unspecified atom stereocenters. The predicted octanol–water partition coefficient (Wildman–Crippen LogP) is 3.22. The van der Waals surface area contributed by atoms with Crippen molar-refractivity contribution in [2.45, 2.75) is 25.4 Å². The molecule has 2 rings (SSSR count). The standard InChI is InChI=1S/C14H18Cl2N2O2/c1-14(20-2)4-3-5-18(8-14)13(19)9-6-10(15)12(17)11(16)7-9/h6-7H,3-5,8,17H2,1-2H3/t14-/m0/s1. The van der Waals surface area contributed by atoms with Crippen molar-refractivity contribution in [1.29, 1.82) is 0 Å². The number of carbonyl (C=O) groups excluding carboxylic acids is 1. The van der Waals surface area contributed by atoms with Crippen molar-refractivity contribution >= 4 is 34.8 Å². The number of carbonyl (C=O) groups is 1. The molecule has 0 spiro atoms. The Morgan fingerprint density at radius 2 is 2.00 bits per heavy atom. The minimum Gasteiger partial charge on any atom is -0.396 e. The van der Waals surface area contributed by atoms with Gasteiger partial charge < -0.3 is 15.4 Å². The molecule has 2 N–H and O–H groups in total. The van der Waals surface area contributed by atoms with Crippen LogP contribution in [0, 0.1) is 0 Å². The van der Waals surface area contributed by atoms with Gasteiger partial charge in [0.15, 0.2) is 0 Å². The summed E-state index contributed by atoms with van der Waals surface area (Å²) < 4.78 is 5.50. The van der Waals surface area contributed by atoms with Crippen molar-refractivity contribution in [3.63, 3.8) is 0 Å². The Morgan fingerprint density at radius 1 is 1.40 bits per heavy atom. The number of amides is 1. The van der Waals surface area contributed by atoms with E-state index in [2.05, 4.69) is 0 Å². The number of rotatable bonds is 2. The lowest BCUT2D eigenvalue weighted by atomic mass is 9.94. The molecular formula is C14H18Cl2N2O2. The monoisotopic (exact) mass is 316 g/mol. The Balaban J connectivity index is 2.23. The van der Waals surface area contributed by atoms with E-state index in [1.165, 1.54) is 0 Å². The van der Waals surface area contributed by atoms with Crippen LogP contribution in [0.5, 0.6) is 0 Å². The number of methoxy groups -OCH3 is 1. The number of piperidine rings is 1. The summed E-state index contributed by atoms with van der Waals surface area (Å²) in [6.45, 7) is 3.27. The van der Waals surface area contributed by atoms with Gasteiger partial charge in [-0.25, -0.2) is 0 Å². The largest absolute Gasteiger partial charge is 0.396 e. The average molecular weight is 317 g/mol. The highest BCUT2D eigenvalue weighted by molar-refractivity contribution is 6.39. The van der Waals surface area contributed by atoms with Crippen molar-refractivity contribution < 1.29 is 9.53 Å². The van der Waals surface area contributed by atoms with Crippen LogP contribution in [0.25, 0.3) is 0 Å². The fourth-order valence-corrected chi connectivity index (χ4v) is 2.92. The zero-order valence-corrected chi connectivity index (χ0v) is 13.1. The summed E-state index contributed by atoms with van der Waals surface area (Å²) in [4.78, 5) is 14.3. The number of nitrogen functional groups attached to an aromatic ring is 1. The lowest BCUT2D eigenvalue weighted by Crippen LogP contribution is -2.49. The highest BCUT2D eigenvalue weighted by Gasteiger charge is 2.33. The second-order valence-corrected chi connectivity index (χ2v) is 6.15. The molecule has 0 aromatic heterocycles. The first-order valence-electron chi connectivity index (χ1n) is 6.45. The number of nitrogens with zero attached hydrogens (tertiary/aromatic N) is 1. The lowest BCUT2D eigenvalue weighted by molar-refractivity contribution is -0.0440. The zero-order valence-electron chi connectivity index (χ0n) is 11.6. The van der Waals surface area contributed by atoms with Gasteiger partial charge in [-0.3, -0.25) is 4.79 Å². The van der Waals surface area contributed by atoms with Gasteiger partial charge in [0.2, 0.25) is 0 Å². The van der Waals surface area contributed by atoms with E-state index in [1.54, 1.807) is 24.1 Å². The van der Waals surface area contributed by atoms with Crippen molar-refractivity contribution in [1.82, 2.24) is 4.90 Å². The molecule has 0 aliphatic carbocycles. The number of hydrogen-bond donors (Lipinski definition) is 1. The van der Waals surface area contributed by atoms with Gasteiger partial charge >= 0.3 is 0 Å². The van der Waals surface area contributed by atoms with Crippen LogP contribution in [0.4, 0.5) is 5.69 Å². The smallest absolute Gasteiger partial charge is 0.254 e. The van der Waals surface area contributed by atoms with E-state index in [-0.39, 0.29) is 11.5 Å². The third-order valence-electron chi connectivity index (χ3n) is 3.76. The SMILES string of the molecule is CO[C@@]1(C)CCCN(C(=O)c2cc(Cl)c(N)c(Cl)c2)C1. The molecule has 0 bridgehead atoms. The fourth-order valence-electron chi connectivity index (χ4n) is 2.44. The predicted molar refractivity (Wildman–Crippen MR) is 81.4 cm³/mol. The van der Waals surface area contributed by atoms with E-state index in [0.717, 1.165) is 12.8 Å². The van der Waals surface area contributed by atoms with Gasteiger partial charge in [0.25, 0.3) is 5.91 Å². The molecule has 110 valence electrons. The van der Waals surface area contributed by atoms with Crippen LogP contribution in [-0.4, -0.2) is 36.6 Å². The topological polar surface area (TPSA) is 55.6 Å². The normalized spacial score (nSPS) is 22.9. The van der Waals surface area contributed by atoms with Gasteiger partial charge in [-0.05, 0) is 31.9 Å². The van der Waals surface area contributed by atoms with Gasteiger partial charge in [0.1, 0.15) is 0 Å². The van der Waals surface area contributed by atoms with Crippen LogP contribution >= 0.6 is 23.2 Å². The molecular weight excluding hydrogens is 299 g/mol. The summed E-state index contributed by atoms with van der Waals surface area (Å²) in [5.74, 6) is -0.100. The fraction of sp³-hybridized carbons (Fsp3) is 0.500. The van der Waals surface area contributed by atoms with Crippen LogP contribution in [0.3, 0.4) is 0 Å². The molecule has 1 saturated heterocycles. The molecule has 1 fully saturated rings. The van der Waals surface area contributed by atoms with Gasteiger partial charge in [0.05, 0.1) is 21.3 Å². The van der Waals surface area contributed by atoms with Gasteiger partial charge in [-0.2, -0.15) is 0 Å². The van der Waals surface area contributed by atoms with Crippen molar-refractivity contribution in [3.05, 3.63) is 27.7 Å². The first-order chi connectivity index (χ1) is 9.36. The molecule has 4 nitrogen and oxygen atoms in total. The lowest BCUT2D eigenvalue weighted by Gasteiger charge is -2.39. The Hall–Kier alpha value is -0.970. The molecule has 1 aliphatic heterocycles. The summed E-state index contributed by atoms with van der Waals surface area (Å²) in [5.41, 5.74) is 6.14. The highest BCUT2D eigenvalue weighted by atomic mass is 35.5. The van der Waals surface area contributed by atoms with E-state index in [1.807, 2.05) is 6.92 Å². The first kappa shape index (κ1) is 15.4. The number of hydrogen-bond acceptors (Lipinski definition) is 3. The summed E-state index contributed by atoms with van der Waals surface area (Å²) in [6, 6.07) is 3.12. The van der Waals surface area contributed by atoms with Gasteiger partial charge in [-0.15, -0.1) is 0 Å². The molecule has 1 aliphatic rings. The van der Waals surface area contributed by atoms with Crippen LogP contribution in [0.15, 0.2) is 12.1 Å². The molecule has 1 aromatic rings. The molecule has 1 atom stereocenters. The molecule has 20 heavy (non-hydrogen) atoms. The third kappa shape index (κ3) is 3.03. The Morgan fingerprint density at radius 3 is 2.55 bits per heavy atom. The second-order valence-electron chi connectivity index (χ2n) is 5.34. The van der Waals surface area contributed by atoms with Gasteiger partial charge in [0, 0.05) is 25.8 Å². The minimum atomic E-state index is -0.296. The van der Waals surface area contributed by atoms with E-state index in [9.17, 15) is 4.79 Å². The third-order valence-corrected chi connectivity index (χ3v) is 4.39. The van der Waals surface area contributed by atoms with E-state index in [4.69, 9.17) is 33.7 Å². The van der Waals surface area contributed by atoms with Gasteiger partial charge in [-0.1, -0.05) is 23.2 Å². The van der Waals surface area contributed by atoms with Crippen LogP contribution in [-0.2, 0) is 4.74 Å². The number of likely N-dealkylation sites (tertiary alicyclic amines) is 1. The number of ether oxygens (including phenoxy) is 1. The molecule has 1 aromatic carbocycles. The minimum absolute atomic E-state index is 0.100. The second kappa shape index (κ2) is 5.80. The number of benzene rings is 1. The zero-order chi connectivity index (χ0) is 14.9. The molecule has 0 radical (unpaired) electrons.